The molecule has 0 radical (unpaired) electrons. The second kappa shape index (κ2) is 8.57. The lowest BCUT2D eigenvalue weighted by Gasteiger charge is -2.44. The third-order valence-electron chi connectivity index (χ3n) is 7.10. The number of nitrogens with zero attached hydrogens (tertiary/aromatic N) is 1. The largest absolute Gasteiger partial charge is 0.448 e. The normalized spacial score (nSPS) is 20.8. The molecule has 2 aliphatic heterocycles. The first-order valence-electron chi connectivity index (χ1n) is 11.6. The molecule has 3 aliphatic rings. The first-order chi connectivity index (χ1) is 17.0. The molecule has 0 spiro atoms. The SMILES string of the molecule is O=C(OCC1c2ccccc2-c2ccccc21)N1C2C=C(c3cc(F)c(F)cc3F)CC1COC2. The van der Waals surface area contributed by atoms with E-state index in [0.29, 0.717) is 11.6 Å². The first-order valence-corrected chi connectivity index (χ1v) is 11.6. The highest BCUT2D eigenvalue weighted by molar-refractivity contribution is 5.79. The van der Waals surface area contributed by atoms with E-state index in [9.17, 15) is 18.0 Å². The van der Waals surface area contributed by atoms with Crippen molar-refractivity contribution in [1.82, 2.24) is 4.90 Å². The second-order valence-corrected chi connectivity index (χ2v) is 9.11. The number of morpholine rings is 1. The van der Waals surface area contributed by atoms with Crippen LogP contribution in [0.5, 0.6) is 0 Å². The molecular weight excluding hydrogens is 455 g/mol. The molecule has 1 saturated heterocycles. The first kappa shape index (κ1) is 21.9. The van der Waals surface area contributed by atoms with Gasteiger partial charge in [0.15, 0.2) is 11.6 Å². The van der Waals surface area contributed by atoms with Crippen molar-refractivity contribution < 1.29 is 27.4 Å². The molecule has 178 valence electrons. The number of ether oxygens (including phenoxy) is 2. The van der Waals surface area contributed by atoms with Crippen LogP contribution in [0.1, 0.15) is 29.0 Å². The fourth-order valence-corrected chi connectivity index (χ4v) is 5.52. The quantitative estimate of drug-likeness (QED) is 0.441. The molecular formula is C28H22F3NO3. The lowest BCUT2D eigenvalue weighted by molar-refractivity contribution is -0.0331. The molecule has 35 heavy (non-hydrogen) atoms. The van der Waals surface area contributed by atoms with Crippen molar-refractivity contribution in [2.75, 3.05) is 19.8 Å². The van der Waals surface area contributed by atoms with E-state index in [1.165, 1.54) is 0 Å². The van der Waals surface area contributed by atoms with Gasteiger partial charge in [0.1, 0.15) is 12.4 Å². The number of benzene rings is 3. The van der Waals surface area contributed by atoms with Crippen LogP contribution in [0.15, 0.2) is 66.7 Å². The fraction of sp³-hybridized carbons (Fsp3) is 0.250. The van der Waals surface area contributed by atoms with Gasteiger partial charge < -0.3 is 9.47 Å². The summed E-state index contributed by atoms with van der Waals surface area (Å²) in [7, 11) is 0. The van der Waals surface area contributed by atoms with Gasteiger partial charge in [0, 0.05) is 17.5 Å². The molecule has 7 heteroatoms. The number of hydrogen-bond donors (Lipinski definition) is 0. The molecule has 6 rings (SSSR count). The van der Waals surface area contributed by atoms with Gasteiger partial charge in [0.25, 0.3) is 0 Å². The summed E-state index contributed by atoms with van der Waals surface area (Å²) in [6.45, 7) is 0.664. The van der Waals surface area contributed by atoms with E-state index in [1.807, 2.05) is 24.3 Å². The Morgan fingerprint density at radius 2 is 1.54 bits per heavy atom. The average molecular weight is 477 g/mol. The summed E-state index contributed by atoms with van der Waals surface area (Å²) in [5.41, 5.74) is 5.08. The predicted molar refractivity (Wildman–Crippen MR) is 124 cm³/mol. The molecule has 2 bridgehead atoms. The highest BCUT2D eigenvalue weighted by atomic mass is 19.2. The molecule has 2 atom stereocenters. The number of fused-ring (bicyclic) bond motifs is 5. The summed E-state index contributed by atoms with van der Waals surface area (Å²) in [5.74, 6) is -3.23. The Hall–Kier alpha value is -3.58. The van der Waals surface area contributed by atoms with Crippen LogP contribution in [0.4, 0.5) is 18.0 Å². The highest BCUT2D eigenvalue weighted by Gasteiger charge is 2.40. The van der Waals surface area contributed by atoms with Crippen molar-refractivity contribution in [2.24, 2.45) is 0 Å². The zero-order valence-electron chi connectivity index (χ0n) is 18.7. The van der Waals surface area contributed by atoms with Gasteiger partial charge in [-0.3, -0.25) is 4.90 Å². The average Bonchev–Trinajstić information content (AvgIpc) is 3.18. The fourth-order valence-electron chi connectivity index (χ4n) is 5.52. The molecule has 3 aromatic carbocycles. The van der Waals surface area contributed by atoms with E-state index in [0.717, 1.165) is 28.3 Å². The molecule has 1 fully saturated rings. The topological polar surface area (TPSA) is 38.8 Å². The van der Waals surface area contributed by atoms with E-state index < -0.39 is 35.6 Å². The zero-order chi connectivity index (χ0) is 24.1. The van der Waals surface area contributed by atoms with Gasteiger partial charge in [0.2, 0.25) is 0 Å². The van der Waals surface area contributed by atoms with Crippen molar-refractivity contribution in [2.45, 2.75) is 24.4 Å². The maximum absolute atomic E-state index is 14.4. The van der Waals surface area contributed by atoms with Crippen LogP contribution in [0.25, 0.3) is 16.7 Å². The zero-order valence-corrected chi connectivity index (χ0v) is 18.7. The van der Waals surface area contributed by atoms with E-state index in [-0.39, 0.29) is 37.7 Å². The predicted octanol–water partition coefficient (Wildman–Crippen LogP) is 5.91. The Labute approximate surface area is 200 Å². The van der Waals surface area contributed by atoms with Crippen molar-refractivity contribution in [3.8, 4) is 11.1 Å². The minimum Gasteiger partial charge on any atom is -0.448 e. The van der Waals surface area contributed by atoms with Crippen LogP contribution in [0, 0.1) is 17.5 Å². The minimum atomic E-state index is -1.23. The van der Waals surface area contributed by atoms with Gasteiger partial charge >= 0.3 is 6.09 Å². The van der Waals surface area contributed by atoms with Gasteiger partial charge in [-0.05, 0) is 40.3 Å². The van der Waals surface area contributed by atoms with Crippen LogP contribution >= 0.6 is 0 Å². The molecule has 2 unspecified atom stereocenters. The third kappa shape index (κ3) is 3.71. The number of carbonyl (C=O) groups is 1. The summed E-state index contributed by atoms with van der Waals surface area (Å²) in [4.78, 5) is 14.9. The third-order valence-corrected chi connectivity index (χ3v) is 7.10. The summed E-state index contributed by atoms with van der Waals surface area (Å²) in [6, 6.07) is 16.8. The Balaban J connectivity index is 1.23. The number of halogens is 3. The van der Waals surface area contributed by atoms with Crippen LogP contribution in [0.3, 0.4) is 0 Å². The van der Waals surface area contributed by atoms with Crippen molar-refractivity contribution >= 4 is 11.7 Å². The smallest absolute Gasteiger partial charge is 0.410 e. The van der Waals surface area contributed by atoms with Crippen LogP contribution in [0.2, 0.25) is 0 Å². The Bertz CT molecular complexity index is 1310. The van der Waals surface area contributed by atoms with Gasteiger partial charge in [-0.25, -0.2) is 18.0 Å². The lowest BCUT2D eigenvalue weighted by atomic mass is 9.89. The van der Waals surface area contributed by atoms with Crippen LogP contribution in [-0.4, -0.2) is 42.9 Å². The van der Waals surface area contributed by atoms with E-state index >= 15 is 0 Å². The van der Waals surface area contributed by atoms with E-state index in [4.69, 9.17) is 9.47 Å². The lowest BCUT2D eigenvalue weighted by Crippen LogP contribution is -2.56. The van der Waals surface area contributed by atoms with Gasteiger partial charge in [-0.1, -0.05) is 54.6 Å². The van der Waals surface area contributed by atoms with Crippen molar-refractivity contribution in [3.05, 3.63) is 101 Å². The maximum atomic E-state index is 14.4. The van der Waals surface area contributed by atoms with Crippen LogP contribution < -0.4 is 0 Å². The summed E-state index contributed by atoms with van der Waals surface area (Å²) < 4.78 is 53.0. The Kier molecular flexibility index (Phi) is 5.37. The van der Waals surface area contributed by atoms with E-state index in [1.54, 1.807) is 11.0 Å². The summed E-state index contributed by atoms with van der Waals surface area (Å²) >= 11 is 0. The maximum Gasteiger partial charge on any atom is 0.410 e. The van der Waals surface area contributed by atoms with Gasteiger partial charge in [-0.15, -0.1) is 0 Å². The molecule has 0 N–H and O–H groups in total. The number of rotatable bonds is 3. The van der Waals surface area contributed by atoms with Gasteiger partial charge in [0.05, 0.1) is 25.3 Å². The van der Waals surface area contributed by atoms with Gasteiger partial charge in [-0.2, -0.15) is 0 Å². The minimum absolute atomic E-state index is 0.00740. The Morgan fingerprint density at radius 3 is 2.23 bits per heavy atom. The molecule has 1 amide bonds. The molecule has 0 saturated carbocycles. The molecule has 3 aromatic rings. The highest BCUT2D eigenvalue weighted by Crippen LogP contribution is 2.44. The number of amides is 1. The number of carbonyl (C=O) groups excluding carboxylic acids is 1. The standard InChI is InChI=1S/C28H22F3NO3/c29-25-12-27(31)26(30)11-23(25)16-9-17-13-34-14-18(10-16)32(17)28(33)35-15-24-21-7-3-1-5-19(21)20-6-2-4-8-22(20)24/h1-9,11-12,17-18,24H,10,13-15H2. The molecule has 4 nitrogen and oxygen atoms in total. The monoisotopic (exact) mass is 477 g/mol. The molecule has 0 aromatic heterocycles. The van der Waals surface area contributed by atoms with Crippen molar-refractivity contribution in [3.63, 3.8) is 0 Å². The number of hydrogen-bond acceptors (Lipinski definition) is 3. The van der Waals surface area contributed by atoms with Crippen LogP contribution in [-0.2, 0) is 9.47 Å². The second-order valence-electron chi connectivity index (χ2n) is 9.11. The molecule has 1 aliphatic carbocycles. The molecule has 2 heterocycles. The summed E-state index contributed by atoms with van der Waals surface area (Å²) in [5, 5.41) is 0. The van der Waals surface area contributed by atoms with Crippen molar-refractivity contribution in [1.29, 1.82) is 0 Å². The Morgan fingerprint density at radius 1 is 0.886 bits per heavy atom. The van der Waals surface area contributed by atoms with E-state index in [2.05, 4.69) is 24.3 Å². The summed E-state index contributed by atoms with van der Waals surface area (Å²) in [6.07, 6.45) is 1.47.